The average molecular weight is 318 g/mol. The zero-order valence-corrected chi connectivity index (χ0v) is 13.3. The summed E-state index contributed by atoms with van der Waals surface area (Å²) >= 11 is 0. The predicted octanol–water partition coefficient (Wildman–Crippen LogP) is 1.37. The standard InChI is InChI=1S/C14H23N3O3.ClH/c1-3-5-11(15)13(18)16-7-4-8-17-14(19)12-10(2)6-9-20-12;/h6,9,11H,3-5,7-8,15H2,1-2H3,(H,16,18)(H,17,19);1H. The predicted molar refractivity (Wildman–Crippen MR) is 83.5 cm³/mol. The Balaban J connectivity index is 0.00000400. The first-order chi connectivity index (χ1) is 9.56. The van der Waals surface area contributed by atoms with Crippen LogP contribution in [0.3, 0.4) is 0 Å². The quantitative estimate of drug-likeness (QED) is 0.631. The second-order valence-corrected chi connectivity index (χ2v) is 4.73. The summed E-state index contributed by atoms with van der Waals surface area (Å²) in [4.78, 5) is 23.2. The molecule has 1 aromatic heterocycles. The van der Waals surface area contributed by atoms with Crippen LogP contribution in [0.15, 0.2) is 16.7 Å². The number of hydrogen-bond donors (Lipinski definition) is 3. The molecule has 0 spiro atoms. The zero-order valence-electron chi connectivity index (χ0n) is 12.5. The highest BCUT2D eigenvalue weighted by Gasteiger charge is 2.12. The third-order valence-corrected chi connectivity index (χ3v) is 2.94. The van der Waals surface area contributed by atoms with E-state index in [0.29, 0.717) is 31.7 Å². The van der Waals surface area contributed by atoms with Gasteiger partial charge in [0.1, 0.15) is 0 Å². The molecule has 1 heterocycles. The Morgan fingerprint density at radius 3 is 2.57 bits per heavy atom. The maximum Gasteiger partial charge on any atom is 0.287 e. The minimum absolute atomic E-state index is 0. The highest BCUT2D eigenvalue weighted by molar-refractivity contribution is 5.92. The first-order valence-electron chi connectivity index (χ1n) is 6.91. The third-order valence-electron chi connectivity index (χ3n) is 2.94. The zero-order chi connectivity index (χ0) is 15.0. The van der Waals surface area contributed by atoms with Crippen LogP contribution in [0.1, 0.15) is 42.3 Å². The molecule has 0 aromatic carbocycles. The monoisotopic (exact) mass is 317 g/mol. The number of halogens is 1. The molecule has 0 saturated carbocycles. The van der Waals surface area contributed by atoms with Gasteiger partial charge in [0.2, 0.25) is 5.91 Å². The highest BCUT2D eigenvalue weighted by atomic mass is 35.5. The fourth-order valence-electron chi connectivity index (χ4n) is 1.76. The molecule has 4 N–H and O–H groups in total. The minimum Gasteiger partial charge on any atom is -0.459 e. The molecule has 1 rings (SSSR count). The molecule has 1 aromatic rings. The van der Waals surface area contributed by atoms with Crippen LogP contribution in [0.25, 0.3) is 0 Å². The molecule has 6 nitrogen and oxygen atoms in total. The van der Waals surface area contributed by atoms with Crippen molar-refractivity contribution in [3.8, 4) is 0 Å². The molecule has 0 aliphatic rings. The summed E-state index contributed by atoms with van der Waals surface area (Å²) in [5.41, 5.74) is 6.48. The van der Waals surface area contributed by atoms with Crippen LogP contribution < -0.4 is 16.4 Å². The van der Waals surface area contributed by atoms with Gasteiger partial charge in [0, 0.05) is 18.7 Å². The maximum atomic E-state index is 11.7. The second-order valence-electron chi connectivity index (χ2n) is 4.73. The van der Waals surface area contributed by atoms with Gasteiger partial charge in [-0.05, 0) is 25.8 Å². The first kappa shape index (κ1) is 19.5. The fraction of sp³-hybridized carbons (Fsp3) is 0.571. The summed E-state index contributed by atoms with van der Waals surface area (Å²) < 4.78 is 5.08. The van der Waals surface area contributed by atoms with Crippen molar-refractivity contribution in [2.24, 2.45) is 5.73 Å². The lowest BCUT2D eigenvalue weighted by Crippen LogP contribution is -2.41. The van der Waals surface area contributed by atoms with E-state index in [0.717, 1.165) is 12.0 Å². The molecule has 0 fully saturated rings. The van der Waals surface area contributed by atoms with E-state index in [9.17, 15) is 9.59 Å². The lowest BCUT2D eigenvalue weighted by molar-refractivity contribution is -0.122. The van der Waals surface area contributed by atoms with Crippen molar-refractivity contribution in [2.75, 3.05) is 13.1 Å². The van der Waals surface area contributed by atoms with Gasteiger partial charge in [0.15, 0.2) is 5.76 Å². The number of aryl methyl sites for hydroxylation is 1. The smallest absolute Gasteiger partial charge is 0.287 e. The Labute approximate surface area is 131 Å². The highest BCUT2D eigenvalue weighted by Crippen LogP contribution is 2.07. The van der Waals surface area contributed by atoms with Crippen LogP contribution in [0.4, 0.5) is 0 Å². The van der Waals surface area contributed by atoms with Gasteiger partial charge in [-0.25, -0.2) is 0 Å². The topological polar surface area (TPSA) is 97.4 Å². The summed E-state index contributed by atoms with van der Waals surface area (Å²) in [6.07, 6.45) is 3.70. The Hall–Kier alpha value is -1.53. The molecular weight excluding hydrogens is 294 g/mol. The van der Waals surface area contributed by atoms with Crippen LogP contribution >= 0.6 is 12.4 Å². The summed E-state index contributed by atoms with van der Waals surface area (Å²) in [6.45, 7) is 4.77. The number of carbonyl (C=O) groups is 2. The summed E-state index contributed by atoms with van der Waals surface area (Å²) in [5, 5.41) is 5.49. The van der Waals surface area contributed by atoms with Gasteiger partial charge in [-0.3, -0.25) is 9.59 Å². The normalized spacial score (nSPS) is 11.4. The van der Waals surface area contributed by atoms with E-state index in [1.165, 1.54) is 6.26 Å². The van der Waals surface area contributed by atoms with Gasteiger partial charge in [0.25, 0.3) is 5.91 Å². The summed E-state index contributed by atoms with van der Waals surface area (Å²) in [5.74, 6) is -0.0411. The molecule has 0 saturated heterocycles. The number of furan rings is 1. The number of nitrogens with two attached hydrogens (primary N) is 1. The van der Waals surface area contributed by atoms with Gasteiger partial charge in [-0.15, -0.1) is 12.4 Å². The lowest BCUT2D eigenvalue weighted by Gasteiger charge is -2.11. The van der Waals surface area contributed by atoms with Crippen molar-refractivity contribution in [3.05, 3.63) is 23.7 Å². The molecule has 0 aliphatic carbocycles. The number of carbonyl (C=O) groups excluding carboxylic acids is 2. The van der Waals surface area contributed by atoms with Crippen molar-refractivity contribution in [1.82, 2.24) is 10.6 Å². The first-order valence-corrected chi connectivity index (χ1v) is 6.91. The van der Waals surface area contributed by atoms with Crippen molar-refractivity contribution in [2.45, 2.75) is 39.2 Å². The number of hydrogen-bond acceptors (Lipinski definition) is 4. The van der Waals surface area contributed by atoms with E-state index in [1.807, 2.05) is 13.8 Å². The number of nitrogens with one attached hydrogen (secondary N) is 2. The minimum atomic E-state index is -0.444. The Kier molecular flexibility index (Phi) is 9.49. The van der Waals surface area contributed by atoms with E-state index in [4.69, 9.17) is 10.2 Å². The van der Waals surface area contributed by atoms with Gasteiger partial charge >= 0.3 is 0 Å². The maximum absolute atomic E-state index is 11.7. The van der Waals surface area contributed by atoms with Crippen molar-refractivity contribution < 1.29 is 14.0 Å². The molecule has 120 valence electrons. The molecule has 0 bridgehead atoms. The van der Waals surface area contributed by atoms with Crippen molar-refractivity contribution in [1.29, 1.82) is 0 Å². The summed E-state index contributed by atoms with van der Waals surface area (Å²) in [6, 6.07) is 1.30. The van der Waals surface area contributed by atoms with Gasteiger partial charge < -0.3 is 20.8 Å². The molecule has 0 radical (unpaired) electrons. The Bertz CT molecular complexity index is 448. The van der Waals surface area contributed by atoms with Crippen molar-refractivity contribution >= 4 is 24.2 Å². The molecule has 1 unspecified atom stereocenters. The van der Waals surface area contributed by atoms with Crippen LogP contribution in [-0.2, 0) is 4.79 Å². The summed E-state index contributed by atoms with van der Waals surface area (Å²) in [7, 11) is 0. The van der Waals surface area contributed by atoms with Crippen LogP contribution in [-0.4, -0.2) is 30.9 Å². The van der Waals surface area contributed by atoms with E-state index in [-0.39, 0.29) is 24.2 Å². The van der Waals surface area contributed by atoms with Gasteiger partial charge in [0.05, 0.1) is 12.3 Å². The van der Waals surface area contributed by atoms with Crippen LogP contribution in [0.5, 0.6) is 0 Å². The van der Waals surface area contributed by atoms with Gasteiger partial charge in [-0.1, -0.05) is 13.3 Å². The van der Waals surface area contributed by atoms with E-state index >= 15 is 0 Å². The third kappa shape index (κ3) is 6.64. The van der Waals surface area contributed by atoms with E-state index in [2.05, 4.69) is 10.6 Å². The SMILES string of the molecule is CCCC(N)C(=O)NCCCNC(=O)c1occc1C.Cl. The van der Waals surface area contributed by atoms with Crippen LogP contribution in [0, 0.1) is 6.92 Å². The fourth-order valence-corrected chi connectivity index (χ4v) is 1.76. The lowest BCUT2D eigenvalue weighted by atomic mass is 10.1. The molecular formula is C14H24ClN3O3. The molecule has 0 aliphatic heterocycles. The molecule has 7 heteroatoms. The Morgan fingerprint density at radius 2 is 2.00 bits per heavy atom. The molecule has 2 amide bonds. The Morgan fingerprint density at radius 1 is 1.33 bits per heavy atom. The second kappa shape index (κ2) is 10.2. The van der Waals surface area contributed by atoms with E-state index < -0.39 is 6.04 Å². The van der Waals surface area contributed by atoms with Gasteiger partial charge in [-0.2, -0.15) is 0 Å². The molecule has 1 atom stereocenters. The number of rotatable bonds is 8. The molecule has 21 heavy (non-hydrogen) atoms. The average Bonchev–Trinajstić information content (AvgIpc) is 2.84. The van der Waals surface area contributed by atoms with Crippen LogP contribution in [0.2, 0.25) is 0 Å². The largest absolute Gasteiger partial charge is 0.459 e. The number of amides is 2. The van der Waals surface area contributed by atoms with E-state index in [1.54, 1.807) is 6.07 Å². The van der Waals surface area contributed by atoms with Crippen molar-refractivity contribution in [3.63, 3.8) is 0 Å².